The van der Waals surface area contributed by atoms with E-state index in [9.17, 15) is 8.78 Å². The van der Waals surface area contributed by atoms with E-state index in [2.05, 4.69) is 20.6 Å². The molecule has 0 aliphatic rings. The fraction of sp³-hybridized carbons (Fsp3) is 0.375. The predicted octanol–water partition coefficient (Wildman–Crippen LogP) is 2.87. The van der Waals surface area contributed by atoms with E-state index in [-0.39, 0.29) is 12.4 Å². The minimum atomic E-state index is -2.63. The molecule has 0 spiro atoms. The summed E-state index contributed by atoms with van der Waals surface area (Å²) < 4.78 is 37.2. The number of guanidine groups is 1. The van der Waals surface area contributed by atoms with Crippen LogP contribution in [0, 0.1) is 0 Å². The Balaban J connectivity index is 2.03. The molecule has 1 aromatic carbocycles. The van der Waals surface area contributed by atoms with Gasteiger partial charge in [-0.1, -0.05) is 0 Å². The third-order valence-corrected chi connectivity index (χ3v) is 3.32. The number of halogens is 2. The molecule has 25 heavy (non-hydrogen) atoms. The summed E-state index contributed by atoms with van der Waals surface area (Å²) in [4.78, 5) is 7.98. The first-order chi connectivity index (χ1) is 12.1. The lowest BCUT2D eigenvalue weighted by molar-refractivity contribution is 0.0668. The van der Waals surface area contributed by atoms with Crippen LogP contribution in [-0.4, -0.2) is 36.3 Å². The molecule has 0 unspecified atom stereocenters. The third-order valence-electron chi connectivity index (χ3n) is 3.32. The standard InChI is InChI=1S/C16H21F2N5O2/c1-4-25-12-6-5-11(9-13(12)24-3)22-16(19-2)21-10-14-20-7-8-23(14)15(17)18/h5-9,15H,4,10H2,1-3H3,(H2,19,21,22). The molecule has 0 amide bonds. The zero-order chi connectivity index (χ0) is 18.2. The highest BCUT2D eigenvalue weighted by atomic mass is 19.3. The lowest BCUT2D eigenvalue weighted by atomic mass is 10.2. The van der Waals surface area contributed by atoms with Crippen LogP contribution in [0.4, 0.5) is 14.5 Å². The number of alkyl halides is 2. The summed E-state index contributed by atoms with van der Waals surface area (Å²) in [7, 11) is 3.14. The average Bonchev–Trinajstić information content (AvgIpc) is 3.08. The number of methoxy groups -OCH3 is 1. The molecule has 9 heteroatoms. The second-order valence-electron chi connectivity index (χ2n) is 4.88. The van der Waals surface area contributed by atoms with Gasteiger partial charge in [0.15, 0.2) is 17.5 Å². The molecule has 0 saturated heterocycles. The molecule has 7 nitrogen and oxygen atoms in total. The molecule has 2 aromatic rings. The average molecular weight is 353 g/mol. The lowest BCUT2D eigenvalue weighted by Gasteiger charge is -2.15. The minimum absolute atomic E-state index is 0.102. The Kier molecular flexibility index (Phi) is 6.55. The normalized spacial score (nSPS) is 11.5. The van der Waals surface area contributed by atoms with Crippen LogP contribution in [0.1, 0.15) is 19.3 Å². The van der Waals surface area contributed by atoms with Gasteiger partial charge in [0.05, 0.1) is 20.3 Å². The van der Waals surface area contributed by atoms with Gasteiger partial charge in [0.25, 0.3) is 0 Å². The van der Waals surface area contributed by atoms with Crippen molar-refractivity contribution >= 4 is 11.6 Å². The van der Waals surface area contributed by atoms with Gasteiger partial charge in [-0.05, 0) is 19.1 Å². The van der Waals surface area contributed by atoms with Crippen molar-refractivity contribution in [3.8, 4) is 11.5 Å². The van der Waals surface area contributed by atoms with Gasteiger partial charge >= 0.3 is 6.55 Å². The number of hydrogen-bond acceptors (Lipinski definition) is 4. The highest BCUT2D eigenvalue weighted by molar-refractivity contribution is 5.93. The van der Waals surface area contributed by atoms with Crippen LogP contribution in [0.5, 0.6) is 11.5 Å². The first kappa shape index (κ1) is 18.5. The Morgan fingerprint density at radius 3 is 2.80 bits per heavy atom. The van der Waals surface area contributed by atoms with Crippen molar-refractivity contribution in [1.82, 2.24) is 14.9 Å². The zero-order valence-corrected chi connectivity index (χ0v) is 14.3. The van der Waals surface area contributed by atoms with Gasteiger partial charge in [-0.3, -0.25) is 9.56 Å². The first-order valence-corrected chi connectivity index (χ1v) is 7.67. The topological polar surface area (TPSA) is 72.7 Å². The van der Waals surface area contributed by atoms with E-state index in [1.165, 1.54) is 12.4 Å². The Morgan fingerprint density at radius 2 is 2.16 bits per heavy atom. The number of nitrogens with zero attached hydrogens (tertiary/aromatic N) is 3. The van der Waals surface area contributed by atoms with Gasteiger partial charge in [0.1, 0.15) is 5.82 Å². The van der Waals surface area contributed by atoms with Gasteiger partial charge in [0, 0.05) is 31.2 Å². The Hall–Kier alpha value is -2.84. The molecule has 0 aliphatic heterocycles. The van der Waals surface area contributed by atoms with Crippen LogP contribution in [-0.2, 0) is 6.54 Å². The SMILES string of the molecule is CCOc1ccc(NC(=NC)NCc2nccn2C(F)F)cc1OC. The molecule has 136 valence electrons. The van der Waals surface area contributed by atoms with Gasteiger partial charge in [-0.2, -0.15) is 8.78 Å². The lowest BCUT2D eigenvalue weighted by Crippen LogP contribution is -2.31. The summed E-state index contributed by atoms with van der Waals surface area (Å²) in [5, 5.41) is 6.01. The van der Waals surface area contributed by atoms with Crippen molar-refractivity contribution in [2.75, 3.05) is 26.1 Å². The van der Waals surface area contributed by atoms with Crippen LogP contribution in [0.15, 0.2) is 35.6 Å². The van der Waals surface area contributed by atoms with Gasteiger partial charge in [0.2, 0.25) is 0 Å². The molecule has 0 aliphatic carbocycles. The number of hydrogen-bond donors (Lipinski definition) is 2. The highest BCUT2D eigenvalue weighted by Gasteiger charge is 2.12. The smallest absolute Gasteiger partial charge is 0.319 e. The summed E-state index contributed by atoms with van der Waals surface area (Å²) in [5.74, 6) is 1.84. The summed E-state index contributed by atoms with van der Waals surface area (Å²) in [6, 6.07) is 5.35. The second kappa shape index (κ2) is 8.86. The number of anilines is 1. The van der Waals surface area contributed by atoms with Crippen molar-refractivity contribution in [2.45, 2.75) is 20.0 Å². The molecule has 1 heterocycles. The summed E-state index contributed by atoms with van der Waals surface area (Å²) in [6.07, 6.45) is 2.56. The van der Waals surface area contributed by atoms with Gasteiger partial charge in [-0.25, -0.2) is 4.98 Å². The molecule has 0 bridgehead atoms. The number of imidazole rings is 1. The van der Waals surface area contributed by atoms with E-state index in [0.717, 1.165) is 4.57 Å². The van der Waals surface area contributed by atoms with Crippen molar-refractivity contribution in [2.24, 2.45) is 4.99 Å². The van der Waals surface area contributed by atoms with Crippen LogP contribution in [0.3, 0.4) is 0 Å². The maximum absolute atomic E-state index is 12.8. The summed E-state index contributed by atoms with van der Waals surface area (Å²) >= 11 is 0. The van der Waals surface area contributed by atoms with Crippen LogP contribution >= 0.6 is 0 Å². The predicted molar refractivity (Wildman–Crippen MR) is 91.5 cm³/mol. The number of aliphatic imine (C=N–C) groups is 1. The van der Waals surface area contributed by atoms with Crippen LogP contribution < -0.4 is 20.1 Å². The number of nitrogens with one attached hydrogen (secondary N) is 2. The van der Waals surface area contributed by atoms with E-state index < -0.39 is 6.55 Å². The third kappa shape index (κ3) is 4.82. The van der Waals surface area contributed by atoms with Crippen molar-refractivity contribution in [3.63, 3.8) is 0 Å². The van der Waals surface area contributed by atoms with Gasteiger partial charge < -0.3 is 20.1 Å². The van der Waals surface area contributed by atoms with E-state index in [0.29, 0.717) is 29.8 Å². The van der Waals surface area contributed by atoms with Crippen molar-refractivity contribution < 1.29 is 18.3 Å². The maximum Gasteiger partial charge on any atom is 0.319 e. The zero-order valence-electron chi connectivity index (χ0n) is 14.3. The van der Waals surface area contributed by atoms with Crippen LogP contribution in [0.25, 0.3) is 0 Å². The molecule has 0 atom stereocenters. The van der Waals surface area contributed by atoms with E-state index in [4.69, 9.17) is 9.47 Å². The molecule has 0 saturated carbocycles. The molecule has 2 N–H and O–H groups in total. The largest absolute Gasteiger partial charge is 0.493 e. The minimum Gasteiger partial charge on any atom is -0.493 e. The fourth-order valence-corrected chi connectivity index (χ4v) is 2.16. The van der Waals surface area contributed by atoms with Gasteiger partial charge in [-0.15, -0.1) is 0 Å². The van der Waals surface area contributed by atoms with Crippen LogP contribution in [0.2, 0.25) is 0 Å². The summed E-state index contributed by atoms with van der Waals surface area (Å²) in [5.41, 5.74) is 0.714. The molecule has 2 rings (SSSR count). The number of aromatic nitrogens is 2. The molecule has 0 fully saturated rings. The molecule has 0 radical (unpaired) electrons. The Labute approximate surface area is 144 Å². The molecule has 1 aromatic heterocycles. The molecular weight excluding hydrogens is 332 g/mol. The van der Waals surface area contributed by atoms with E-state index >= 15 is 0 Å². The number of rotatable bonds is 7. The van der Waals surface area contributed by atoms with Crippen molar-refractivity contribution in [1.29, 1.82) is 0 Å². The second-order valence-corrected chi connectivity index (χ2v) is 4.88. The van der Waals surface area contributed by atoms with E-state index in [1.807, 2.05) is 6.92 Å². The Morgan fingerprint density at radius 1 is 1.36 bits per heavy atom. The number of benzene rings is 1. The molecular formula is C16H21F2N5O2. The van der Waals surface area contributed by atoms with E-state index in [1.54, 1.807) is 32.4 Å². The monoisotopic (exact) mass is 353 g/mol. The summed E-state index contributed by atoms with van der Waals surface area (Å²) in [6.45, 7) is -0.112. The first-order valence-electron chi connectivity index (χ1n) is 7.67. The highest BCUT2D eigenvalue weighted by Crippen LogP contribution is 2.30. The fourth-order valence-electron chi connectivity index (χ4n) is 2.16. The number of ether oxygens (including phenoxy) is 2. The van der Waals surface area contributed by atoms with Crippen molar-refractivity contribution in [3.05, 3.63) is 36.4 Å². The maximum atomic E-state index is 12.8. The quantitative estimate of drug-likeness (QED) is 0.592. The Bertz CT molecular complexity index is 718.